The van der Waals surface area contributed by atoms with E-state index in [1.807, 2.05) is 44.2 Å². The van der Waals surface area contributed by atoms with Crippen molar-refractivity contribution >= 4 is 18.0 Å². The number of rotatable bonds is 11. The summed E-state index contributed by atoms with van der Waals surface area (Å²) in [6.45, 7) is 3.48. The number of aliphatic hydroxyl groups excluding tert-OH is 1. The molecular weight excluding hydrogens is 428 g/mol. The Morgan fingerprint density at radius 1 is 0.970 bits per heavy atom. The quantitative estimate of drug-likeness (QED) is 0.349. The summed E-state index contributed by atoms with van der Waals surface area (Å²) in [7, 11) is 1.45. The first-order chi connectivity index (χ1) is 15.7. The summed E-state index contributed by atoms with van der Waals surface area (Å²) in [6, 6.07) is 14.0. The van der Waals surface area contributed by atoms with Gasteiger partial charge in [-0.05, 0) is 23.6 Å². The molecular formula is C24H30N2O7. The molecule has 3 N–H and O–H groups in total. The SMILES string of the molecule is COc1ccccc1OC(=O)[C@H](Cc1ccccc1)NC(=O)N(CC(C)C)C[C@H](O)C(=O)O. The number of hydrogen-bond donors (Lipinski definition) is 3. The van der Waals surface area contributed by atoms with Crippen LogP contribution in [0.15, 0.2) is 54.6 Å². The van der Waals surface area contributed by atoms with Gasteiger partial charge in [0.25, 0.3) is 0 Å². The normalized spacial score (nSPS) is 12.5. The van der Waals surface area contributed by atoms with Gasteiger partial charge in [0.15, 0.2) is 17.6 Å². The predicted molar refractivity (Wildman–Crippen MR) is 121 cm³/mol. The van der Waals surface area contributed by atoms with Gasteiger partial charge in [-0.1, -0.05) is 56.3 Å². The number of para-hydroxylation sites is 2. The van der Waals surface area contributed by atoms with Crippen LogP contribution in [0.25, 0.3) is 0 Å². The number of carboxylic acid groups (broad SMARTS) is 1. The Balaban J connectivity index is 2.25. The van der Waals surface area contributed by atoms with Crippen LogP contribution in [0.5, 0.6) is 11.5 Å². The van der Waals surface area contributed by atoms with Crippen molar-refractivity contribution in [2.45, 2.75) is 32.4 Å². The van der Waals surface area contributed by atoms with E-state index < -0.39 is 36.7 Å². The maximum absolute atomic E-state index is 13.0. The average Bonchev–Trinajstić information content (AvgIpc) is 2.78. The zero-order chi connectivity index (χ0) is 24.4. The largest absolute Gasteiger partial charge is 0.493 e. The first-order valence-electron chi connectivity index (χ1n) is 10.6. The smallest absolute Gasteiger partial charge is 0.334 e. The third kappa shape index (κ3) is 8.12. The number of aliphatic hydroxyl groups is 1. The summed E-state index contributed by atoms with van der Waals surface area (Å²) in [5.74, 6) is -1.57. The lowest BCUT2D eigenvalue weighted by Gasteiger charge is -2.28. The van der Waals surface area contributed by atoms with Gasteiger partial charge in [-0.15, -0.1) is 0 Å². The highest BCUT2D eigenvalue weighted by Crippen LogP contribution is 2.26. The highest BCUT2D eigenvalue weighted by Gasteiger charge is 2.29. The van der Waals surface area contributed by atoms with Crippen molar-refractivity contribution in [1.29, 1.82) is 0 Å². The standard InChI is InChI=1S/C24H30N2O7/c1-16(2)14-26(15-19(27)22(28)29)24(31)25-18(13-17-9-5-4-6-10-17)23(30)33-21-12-8-7-11-20(21)32-3/h4-12,16,18-19,27H,13-15H2,1-3H3,(H,25,31)(H,28,29)/t18-,19-/m0/s1. The van der Waals surface area contributed by atoms with Gasteiger partial charge in [-0.2, -0.15) is 0 Å². The second-order valence-corrected chi connectivity index (χ2v) is 7.92. The van der Waals surface area contributed by atoms with Crippen LogP contribution < -0.4 is 14.8 Å². The molecule has 0 aliphatic heterocycles. The van der Waals surface area contributed by atoms with Crippen LogP contribution in [0.1, 0.15) is 19.4 Å². The number of nitrogens with one attached hydrogen (secondary N) is 1. The monoisotopic (exact) mass is 458 g/mol. The fraction of sp³-hybridized carbons (Fsp3) is 0.375. The maximum atomic E-state index is 13.0. The second kappa shape index (κ2) is 12.4. The molecule has 0 aliphatic rings. The Bertz CT molecular complexity index is 933. The third-order valence-corrected chi connectivity index (χ3v) is 4.70. The topological polar surface area (TPSA) is 125 Å². The average molecular weight is 459 g/mol. The molecule has 9 nitrogen and oxygen atoms in total. The lowest BCUT2D eigenvalue weighted by atomic mass is 10.1. The molecule has 0 saturated heterocycles. The van der Waals surface area contributed by atoms with Gasteiger partial charge in [-0.3, -0.25) is 0 Å². The van der Waals surface area contributed by atoms with E-state index in [4.69, 9.17) is 14.6 Å². The van der Waals surface area contributed by atoms with Gasteiger partial charge in [0, 0.05) is 13.0 Å². The second-order valence-electron chi connectivity index (χ2n) is 7.92. The Labute approximate surface area is 192 Å². The van der Waals surface area contributed by atoms with Crippen LogP contribution in [-0.2, 0) is 16.0 Å². The summed E-state index contributed by atoms with van der Waals surface area (Å²) in [4.78, 5) is 38.3. The molecule has 0 bridgehead atoms. The summed E-state index contributed by atoms with van der Waals surface area (Å²) in [5.41, 5.74) is 0.792. The molecule has 9 heteroatoms. The van der Waals surface area contributed by atoms with Crippen molar-refractivity contribution < 1.29 is 34.1 Å². The van der Waals surface area contributed by atoms with Gasteiger partial charge in [0.1, 0.15) is 6.04 Å². The first-order valence-corrected chi connectivity index (χ1v) is 10.6. The van der Waals surface area contributed by atoms with Crippen LogP contribution in [0, 0.1) is 5.92 Å². The number of methoxy groups -OCH3 is 1. The molecule has 0 unspecified atom stereocenters. The Kier molecular flexibility index (Phi) is 9.68. The fourth-order valence-corrected chi connectivity index (χ4v) is 3.13. The van der Waals surface area contributed by atoms with Gasteiger partial charge in [-0.25, -0.2) is 14.4 Å². The molecule has 0 heterocycles. The zero-order valence-electron chi connectivity index (χ0n) is 18.9. The van der Waals surface area contributed by atoms with Crippen molar-refractivity contribution in [2.75, 3.05) is 20.2 Å². The van der Waals surface area contributed by atoms with E-state index in [2.05, 4.69) is 5.32 Å². The summed E-state index contributed by atoms with van der Waals surface area (Å²) in [5, 5.41) is 21.4. The number of benzene rings is 2. The molecule has 33 heavy (non-hydrogen) atoms. The molecule has 0 aromatic heterocycles. The number of amides is 2. The number of urea groups is 1. The van der Waals surface area contributed by atoms with Crippen LogP contribution in [0.2, 0.25) is 0 Å². The Morgan fingerprint density at radius 3 is 2.15 bits per heavy atom. The highest BCUT2D eigenvalue weighted by atomic mass is 16.6. The number of ether oxygens (including phenoxy) is 2. The minimum Gasteiger partial charge on any atom is -0.493 e. The summed E-state index contributed by atoms with van der Waals surface area (Å²) >= 11 is 0. The Morgan fingerprint density at radius 2 is 1.58 bits per heavy atom. The molecule has 2 aromatic rings. The van der Waals surface area contributed by atoms with E-state index in [-0.39, 0.29) is 24.6 Å². The van der Waals surface area contributed by atoms with Gasteiger partial charge >= 0.3 is 18.0 Å². The summed E-state index contributed by atoms with van der Waals surface area (Å²) < 4.78 is 10.7. The number of carboxylic acids is 1. The molecule has 178 valence electrons. The molecule has 2 rings (SSSR count). The number of nitrogens with zero attached hydrogens (tertiary/aromatic N) is 1. The molecule has 2 atom stereocenters. The van der Waals surface area contributed by atoms with Crippen molar-refractivity contribution in [1.82, 2.24) is 10.2 Å². The van der Waals surface area contributed by atoms with Crippen LogP contribution >= 0.6 is 0 Å². The number of esters is 1. The van der Waals surface area contributed by atoms with E-state index in [9.17, 15) is 19.5 Å². The fourth-order valence-electron chi connectivity index (χ4n) is 3.13. The van der Waals surface area contributed by atoms with Crippen LogP contribution in [-0.4, -0.2) is 65.4 Å². The van der Waals surface area contributed by atoms with E-state index >= 15 is 0 Å². The lowest BCUT2D eigenvalue weighted by molar-refractivity contribution is -0.147. The number of carbonyl (C=O) groups excluding carboxylic acids is 2. The van der Waals surface area contributed by atoms with Gasteiger partial charge in [0.2, 0.25) is 0 Å². The van der Waals surface area contributed by atoms with Crippen molar-refractivity contribution in [2.24, 2.45) is 5.92 Å². The van der Waals surface area contributed by atoms with E-state index in [0.717, 1.165) is 5.56 Å². The molecule has 0 saturated carbocycles. The predicted octanol–water partition coefficient (Wildman–Crippen LogP) is 2.33. The van der Waals surface area contributed by atoms with Crippen LogP contribution in [0.4, 0.5) is 4.79 Å². The lowest BCUT2D eigenvalue weighted by Crippen LogP contribution is -2.53. The van der Waals surface area contributed by atoms with Crippen molar-refractivity contribution in [3.63, 3.8) is 0 Å². The number of aliphatic carboxylic acids is 1. The number of hydrogen-bond acceptors (Lipinski definition) is 6. The molecule has 0 radical (unpaired) electrons. The van der Waals surface area contributed by atoms with Gasteiger partial charge in [0.05, 0.1) is 13.7 Å². The van der Waals surface area contributed by atoms with Gasteiger partial charge < -0.3 is 29.9 Å². The van der Waals surface area contributed by atoms with E-state index in [1.54, 1.807) is 24.3 Å². The van der Waals surface area contributed by atoms with Crippen molar-refractivity contribution in [3.8, 4) is 11.5 Å². The highest BCUT2D eigenvalue weighted by molar-refractivity contribution is 5.85. The molecule has 0 fully saturated rings. The Hall–Kier alpha value is -3.59. The first kappa shape index (κ1) is 25.7. The minimum atomic E-state index is -1.75. The maximum Gasteiger partial charge on any atom is 0.334 e. The zero-order valence-corrected chi connectivity index (χ0v) is 18.9. The summed E-state index contributed by atoms with van der Waals surface area (Å²) in [6.07, 6.45) is -1.60. The van der Waals surface area contributed by atoms with Crippen molar-refractivity contribution in [3.05, 3.63) is 60.2 Å². The molecule has 0 spiro atoms. The molecule has 2 amide bonds. The minimum absolute atomic E-state index is 0.00449. The number of carbonyl (C=O) groups is 3. The van der Waals surface area contributed by atoms with Crippen LogP contribution in [0.3, 0.4) is 0 Å². The molecule has 0 aliphatic carbocycles. The molecule has 2 aromatic carbocycles. The third-order valence-electron chi connectivity index (χ3n) is 4.70. The van der Waals surface area contributed by atoms with E-state index in [0.29, 0.717) is 5.75 Å². The van der Waals surface area contributed by atoms with E-state index in [1.165, 1.54) is 12.0 Å².